The Morgan fingerprint density at radius 2 is 1.68 bits per heavy atom. The van der Waals surface area contributed by atoms with Crippen LogP contribution in [-0.2, 0) is 33.4 Å². The van der Waals surface area contributed by atoms with Crippen molar-refractivity contribution in [1.82, 2.24) is 16.0 Å². The number of amides is 3. The minimum absolute atomic E-state index is 0.136. The maximum Gasteiger partial charge on any atom is 0.405 e. The molecule has 3 amide bonds. The number of rotatable bonds is 14. The van der Waals surface area contributed by atoms with Gasteiger partial charge in [-0.05, 0) is 74.8 Å². The van der Waals surface area contributed by atoms with E-state index >= 15 is 0 Å². The van der Waals surface area contributed by atoms with E-state index in [2.05, 4.69) is 16.0 Å². The van der Waals surface area contributed by atoms with Gasteiger partial charge in [0, 0.05) is 76.3 Å². The van der Waals surface area contributed by atoms with Gasteiger partial charge in [-0.1, -0.05) is 63.1 Å². The van der Waals surface area contributed by atoms with Crippen LogP contribution >= 0.6 is 0 Å². The summed E-state index contributed by atoms with van der Waals surface area (Å²) in [6, 6.07) is 7.91. The first-order valence-electron chi connectivity index (χ1n) is 20.1. The molecule has 1 heterocycles. The number of allylic oxidation sites excluding steroid dienone is 4. The lowest BCUT2D eigenvalue weighted by Crippen LogP contribution is -2.38. The summed E-state index contributed by atoms with van der Waals surface area (Å²) in [5, 5.41) is 20.2. The van der Waals surface area contributed by atoms with Crippen molar-refractivity contribution in [2.75, 3.05) is 46.3 Å². The van der Waals surface area contributed by atoms with Crippen LogP contribution in [0.15, 0.2) is 88.8 Å². The maximum absolute atomic E-state index is 14.0. The van der Waals surface area contributed by atoms with E-state index < -0.39 is 53.9 Å². The smallest absolute Gasteiger partial charge is 0.405 e. The molecule has 0 saturated carbocycles. The fourth-order valence-corrected chi connectivity index (χ4v) is 6.92. The van der Waals surface area contributed by atoms with E-state index in [9.17, 15) is 29.1 Å². The summed E-state index contributed by atoms with van der Waals surface area (Å²) in [6.45, 7) is 7.97. The van der Waals surface area contributed by atoms with E-state index in [1.807, 2.05) is 57.1 Å². The Morgan fingerprint density at radius 1 is 1.00 bits per heavy atom. The predicted molar refractivity (Wildman–Crippen MR) is 229 cm³/mol. The first kappa shape index (κ1) is 48.1. The molecule has 2 bridgehead atoms. The van der Waals surface area contributed by atoms with Gasteiger partial charge in [-0.15, -0.1) is 0 Å². The number of benzene rings is 1. The largest absolute Gasteiger partial charge is 0.439 e. The fraction of sp³-hybridized carbons (Fsp3) is 0.489. The normalized spacial score (nSPS) is 25.9. The molecular weight excluding hydrogens is 755 g/mol. The van der Waals surface area contributed by atoms with Crippen molar-refractivity contribution in [3.8, 4) is 0 Å². The van der Waals surface area contributed by atoms with Gasteiger partial charge in [-0.2, -0.15) is 0 Å². The summed E-state index contributed by atoms with van der Waals surface area (Å²) in [7, 11) is 6.87. The molecule has 0 saturated heterocycles. The number of ether oxygens (including phenoxy) is 3. The molecule has 6 atom stereocenters. The number of aliphatic hydroxyl groups excluding tert-OH is 1. The van der Waals surface area contributed by atoms with Gasteiger partial charge in [0.05, 0.1) is 23.6 Å². The van der Waals surface area contributed by atoms with Crippen molar-refractivity contribution in [2.24, 2.45) is 17.6 Å². The predicted octanol–water partition coefficient (Wildman–Crippen LogP) is 4.81. The van der Waals surface area contributed by atoms with Gasteiger partial charge in [-0.25, -0.2) is 4.79 Å². The Labute approximate surface area is 348 Å². The number of nitrogens with zero attached hydrogens (tertiary/aromatic N) is 1. The quantitative estimate of drug-likeness (QED) is 0.0748. The molecule has 6 N–H and O–H groups in total. The monoisotopic (exact) mass is 817 g/mol. The molecule has 0 fully saturated rings. The first-order chi connectivity index (χ1) is 28.1. The Kier molecular flexibility index (Phi) is 19.5. The second-order valence-corrected chi connectivity index (χ2v) is 15.4. The zero-order chi connectivity index (χ0) is 43.6. The van der Waals surface area contributed by atoms with Crippen molar-refractivity contribution >= 4 is 41.2 Å². The highest BCUT2D eigenvalue weighted by molar-refractivity contribution is 6.23. The van der Waals surface area contributed by atoms with Gasteiger partial charge >= 0.3 is 6.09 Å². The maximum atomic E-state index is 14.0. The zero-order valence-corrected chi connectivity index (χ0v) is 35.7. The van der Waals surface area contributed by atoms with Crippen molar-refractivity contribution in [2.45, 2.75) is 90.6 Å². The highest BCUT2D eigenvalue weighted by Gasteiger charge is 2.33. The van der Waals surface area contributed by atoms with Gasteiger partial charge < -0.3 is 45.9 Å². The molecule has 1 aliphatic heterocycles. The van der Waals surface area contributed by atoms with Crippen molar-refractivity contribution in [1.29, 1.82) is 0 Å². The van der Waals surface area contributed by atoms with E-state index in [1.54, 1.807) is 38.2 Å². The van der Waals surface area contributed by atoms with Gasteiger partial charge in [0.1, 0.15) is 6.10 Å². The van der Waals surface area contributed by atoms with Gasteiger partial charge in [-0.3, -0.25) is 19.2 Å². The first-order valence-corrected chi connectivity index (χ1v) is 20.1. The number of nitrogens with one attached hydrogen (secondary N) is 3. The van der Waals surface area contributed by atoms with Gasteiger partial charge in [0.15, 0.2) is 6.10 Å². The number of anilines is 1. The number of hydrogen-bond acceptors (Lipinski definition) is 11. The van der Waals surface area contributed by atoms with E-state index in [0.717, 1.165) is 36.6 Å². The molecule has 1 aromatic rings. The third-order valence-electron chi connectivity index (χ3n) is 10.3. The Bertz CT molecular complexity index is 1830. The zero-order valence-electron chi connectivity index (χ0n) is 35.7. The van der Waals surface area contributed by atoms with Gasteiger partial charge in [0.2, 0.25) is 17.5 Å². The van der Waals surface area contributed by atoms with E-state index in [4.69, 9.17) is 19.9 Å². The minimum atomic E-state index is -1.01. The topological polar surface area (TPSA) is 199 Å². The van der Waals surface area contributed by atoms with E-state index in [-0.39, 0.29) is 40.8 Å². The number of primary amides is 1. The Hall–Kier alpha value is -5.31. The SMILES string of the molecule is CO[C@H]1/C=C\C=C(/C)C(=O)NC2=CC(=O)C(NCCCCCCNC(=O)/C=C/c3ccc(N(C)C)cc3)=C(C[C@@H](C)C[C@H](OC)[C@H](O)[C@@H](C)/C=C(\C)[C@@H]1OC(N)=O)C2=O. The van der Waals surface area contributed by atoms with Crippen LogP contribution in [0.1, 0.15) is 71.8 Å². The van der Waals surface area contributed by atoms with Crippen LogP contribution in [0.4, 0.5) is 10.5 Å². The molecule has 322 valence electrons. The summed E-state index contributed by atoms with van der Waals surface area (Å²) >= 11 is 0. The van der Waals surface area contributed by atoms with Crippen molar-refractivity contribution in [3.63, 3.8) is 0 Å². The number of carbonyl (C=O) groups is 5. The Balaban J connectivity index is 1.72. The number of unbranched alkanes of at least 4 members (excludes halogenated alkanes) is 3. The number of aliphatic hydroxyl groups is 1. The number of fused-ring (bicyclic) bond motifs is 2. The van der Waals surface area contributed by atoms with Crippen LogP contribution < -0.4 is 26.6 Å². The van der Waals surface area contributed by atoms with Gasteiger partial charge in [0.25, 0.3) is 5.91 Å². The van der Waals surface area contributed by atoms with Crippen LogP contribution in [0.5, 0.6) is 0 Å². The summed E-state index contributed by atoms with van der Waals surface area (Å²) < 4.78 is 16.8. The Morgan fingerprint density at radius 3 is 2.31 bits per heavy atom. The summed E-state index contributed by atoms with van der Waals surface area (Å²) in [4.78, 5) is 67.0. The lowest BCUT2D eigenvalue weighted by Gasteiger charge is -2.30. The molecule has 1 aromatic carbocycles. The molecule has 3 rings (SSSR count). The summed E-state index contributed by atoms with van der Waals surface area (Å²) in [5.41, 5.74) is 8.52. The summed E-state index contributed by atoms with van der Waals surface area (Å²) in [5.74, 6) is -2.36. The molecule has 0 unspecified atom stereocenters. The fourth-order valence-electron chi connectivity index (χ4n) is 6.92. The highest BCUT2D eigenvalue weighted by Crippen LogP contribution is 2.29. The van der Waals surface area contributed by atoms with Crippen LogP contribution in [0.3, 0.4) is 0 Å². The number of hydrogen-bond donors (Lipinski definition) is 5. The number of methoxy groups -OCH3 is 2. The molecule has 1 aliphatic carbocycles. The lowest BCUT2D eigenvalue weighted by molar-refractivity contribution is -0.120. The third-order valence-corrected chi connectivity index (χ3v) is 10.3. The number of carbonyl (C=O) groups excluding carboxylic acids is 5. The standard InChI is InChI=1S/C45H63N5O9/c1-28-24-34-40(48-23-12-10-9-11-22-47-39(52)21-18-32-16-19-33(20-17-32)50(5)6)36(51)27-35(42(34)54)49-44(55)29(2)14-13-15-37(57-7)43(59-45(46)56)31(4)26-30(3)41(53)38(25-28)58-8/h13-21,26-28,30,37-38,41,43,48,53H,9-12,22-25H2,1-8H3,(H2,46,56)(H,47,52)(H,49,55)/b15-13-,21-18+,29-14+,31-26+/t28-,30+,37+,38+,41-,43+/m1/s1. The third kappa shape index (κ3) is 15.1. The molecule has 0 radical (unpaired) electrons. The summed E-state index contributed by atoms with van der Waals surface area (Å²) in [6.07, 6.45) is 10.2. The van der Waals surface area contributed by atoms with Crippen molar-refractivity contribution < 1.29 is 43.3 Å². The van der Waals surface area contributed by atoms with E-state index in [1.165, 1.54) is 26.4 Å². The number of Topliss-reactive ketones (excluding diaryl/α,β-unsaturated/α-hetero) is 1. The highest BCUT2D eigenvalue weighted by atomic mass is 16.6. The van der Waals surface area contributed by atoms with Crippen molar-refractivity contribution in [3.05, 3.63) is 94.4 Å². The molecule has 59 heavy (non-hydrogen) atoms. The van der Waals surface area contributed by atoms with Crippen LogP contribution in [0.25, 0.3) is 6.08 Å². The van der Waals surface area contributed by atoms with Crippen LogP contribution in [0.2, 0.25) is 0 Å². The number of ketones is 2. The molecule has 0 spiro atoms. The van der Waals surface area contributed by atoms with Crippen LogP contribution in [-0.4, -0.2) is 100 Å². The van der Waals surface area contributed by atoms with E-state index in [0.29, 0.717) is 31.5 Å². The molecular formula is C45H63N5O9. The number of nitrogens with two attached hydrogens (primary N) is 1. The lowest BCUT2D eigenvalue weighted by atomic mass is 9.85. The molecule has 2 aliphatic rings. The minimum Gasteiger partial charge on any atom is -0.439 e. The average molecular weight is 818 g/mol. The second kappa shape index (κ2) is 23.9. The van der Waals surface area contributed by atoms with Crippen LogP contribution in [0, 0.1) is 11.8 Å². The second-order valence-electron chi connectivity index (χ2n) is 15.4. The molecule has 14 heteroatoms. The molecule has 0 aromatic heterocycles. The molecule has 14 nitrogen and oxygen atoms in total. The average Bonchev–Trinajstić information content (AvgIpc) is 3.19.